The molecule has 1 fully saturated rings. The Morgan fingerprint density at radius 1 is 1.58 bits per heavy atom. The molecule has 0 saturated carbocycles. The zero-order valence-electron chi connectivity index (χ0n) is 10.9. The summed E-state index contributed by atoms with van der Waals surface area (Å²) in [6.45, 7) is 3.35. The summed E-state index contributed by atoms with van der Waals surface area (Å²) >= 11 is 0. The lowest BCUT2D eigenvalue weighted by molar-refractivity contribution is -0.00278. The molecule has 1 aliphatic rings. The fourth-order valence-electron chi connectivity index (χ4n) is 2.01. The monoisotopic (exact) mass is 289 g/mol. The van der Waals surface area contributed by atoms with Gasteiger partial charge in [0.05, 0.1) is 32.1 Å². The van der Waals surface area contributed by atoms with Gasteiger partial charge in [0.15, 0.2) is 0 Å². The standard InChI is InChI=1S/C11H19N3O4S/c1-2-10-8-14(4-6-18-10)19(16,17)11-7-12-13(9-11)3-5-15/h7,9-10,15H,2-6,8H2,1H3. The summed E-state index contributed by atoms with van der Waals surface area (Å²) in [5.74, 6) is 0. The van der Waals surface area contributed by atoms with E-state index in [1.807, 2.05) is 6.92 Å². The van der Waals surface area contributed by atoms with Crippen molar-refractivity contribution in [3.05, 3.63) is 12.4 Å². The highest BCUT2D eigenvalue weighted by atomic mass is 32.2. The summed E-state index contributed by atoms with van der Waals surface area (Å²) in [5, 5.41) is 12.7. The van der Waals surface area contributed by atoms with Gasteiger partial charge in [-0.05, 0) is 6.42 Å². The largest absolute Gasteiger partial charge is 0.394 e. The van der Waals surface area contributed by atoms with E-state index in [1.54, 1.807) is 0 Å². The summed E-state index contributed by atoms with van der Waals surface area (Å²) in [5.41, 5.74) is 0. The van der Waals surface area contributed by atoms with E-state index in [1.165, 1.54) is 21.4 Å². The molecule has 0 aliphatic carbocycles. The minimum absolute atomic E-state index is 0.0454. The average Bonchev–Trinajstić information content (AvgIpc) is 2.88. The Balaban J connectivity index is 2.16. The van der Waals surface area contributed by atoms with Crippen LogP contribution in [0.5, 0.6) is 0 Å². The van der Waals surface area contributed by atoms with Gasteiger partial charge in [-0.1, -0.05) is 6.92 Å². The highest BCUT2D eigenvalue weighted by molar-refractivity contribution is 7.89. The average molecular weight is 289 g/mol. The molecule has 1 aromatic rings. The smallest absolute Gasteiger partial charge is 0.246 e. The number of nitrogens with zero attached hydrogens (tertiary/aromatic N) is 3. The first-order chi connectivity index (χ1) is 9.07. The zero-order chi connectivity index (χ0) is 13.9. The van der Waals surface area contributed by atoms with Crippen molar-refractivity contribution in [2.75, 3.05) is 26.3 Å². The molecule has 1 atom stereocenters. The molecule has 108 valence electrons. The molecular weight excluding hydrogens is 270 g/mol. The first-order valence-electron chi connectivity index (χ1n) is 6.33. The molecule has 0 spiro atoms. The van der Waals surface area contributed by atoms with Crippen LogP contribution in [0, 0.1) is 0 Å². The molecule has 8 heteroatoms. The van der Waals surface area contributed by atoms with Crippen molar-refractivity contribution < 1.29 is 18.3 Å². The second-order valence-electron chi connectivity index (χ2n) is 4.43. The Bertz CT molecular complexity index is 514. The first-order valence-corrected chi connectivity index (χ1v) is 7.77. The number of morpholine rings is 1. The molecule has 0 bridgehead atoms. The maximum atomic E-state index is 12.4. The van der Waals surface area contributed by atoms with E-state index >= 15 is 0 Å². The fourth-order valence-corrected chi connectivity index (χ4v) is 3.42. The van der Waals surface area contributed by atoms with Gasteiger partial charge in [-0.2, -0.15) is 9.40 Å². The SMILES string of the molecule is CCC1CN(S(=O)(=O)c2cnn(CCO)c2)CCO1. The van der Waals surface area contributed by atoms with Crippen LogP contribution in [-0.2, 0) is 21.3 Å². The predicted octanol–water partition coefficient (Wildman–Crippen LogP) is -0.325. The molecule has 1 unspecified atom stereocenters. The molecule has 2 rings (SSSR count). The van der Waals surface area contributed by atoms with Crippen LogP contribution in [0.1, 0.15) is 13.3 Å². The van der Waals surface area contributed by atoms with Crippen LogP contribution in [0.2, 0.25) is 0 Å². The molecule has 0 radical (unpaired) electrons. The van der Waals surface area contributed by atoms with Crippen LogP contribution in [0.4, 0.5) is 0 Å². The van der Waals surface area contributed by atoms with Gasteiger partial charge < -0.3 is 9.84 Å². The number of sulfonamides is 1. The molecule has 1 N–H and O–H groups in total. The van der Waals surface area contributed by atoms with Gasteiger partial charge in [0.1, 0.15) is 4.90 Å². The maximum Gasteiger partial charge on any atom is 0.246 e. The van der Waals surface area contributed by atoms with Crippen molar-refractivity contribution in [1.82, 2.24) is 14.1 Å². The predicted molar refractivity (Wildman–Crippen MR) is 68.1 cm³/mol. The number of hydrogen-bond donors (Lipinski definition) is 1. The van der Waals surface area contributed by atoms with Crippen molar-refractivity contribution in [2.45, 2.75) is 30.9 Å². The van der Waals surface area contributed by atoms with E-state index in [0.29, 0.717) is 19.7 Å². The van der Waals surface area contributed by atoms with Gasteiger partial charge in [0.25, 0.3) is 0 Å². The van der Waals surface area contributed by atoms with Crippen LogP contribution in [0.25, 0.3) is 0 Å². The van der Waals surface area contributed by atoms with Crippen LogP contribution < -0.4 is 0 Å². The third-order valence-electron chi connectivity index (χ3n) is 3.13. The summed E-state index contributed by atoms with van der Waals surface area (Å²) < 4.78 is 33.2. The lowest BCUT2D eigenvalue weighted by Crippen LogP contribution is -2.45. The Morgan fingerprint density at radius 2 is 2.37 bits per heavy atom. The van der Waals surface area contributed by atoms with Crippen LogP contribution in [0.3, 0.4) is 0 Å². The third-order valence-corrected chi connectivity index (χ3v) is 4.95. The highest BCUT2D eigenvalue weighted by Gasteiger charge is 2.30. The Hall–Kier alpha value is -0.960. The highest BCUT2D eigenvalue weighted by Crippen LogP contribution is 2.19. The lowest BCUT2D eigenvalue weighted by atomic mass is 10.2. The fraction of sp³-hybridized carbons (Fsp3) is 0.727. The molecule has 1 saturated heterocycles. The Kier molecular flexibility index (Phi) is 4.56. The van der Waals surface area contributed by atoms with E-state index in [0.717, 1.165) is 6.42 Å². The van der Waals surface area contributed by atoms with E-state index in [2.05, 4.69) is 5.10 Å². The van der Waals surface area contributed by atoms with E-state index in [-0.39, 0.29) is 24.2 Å². The number of rotatable bonds is 5. The van der Waals surface area contributed by atoms with E-state index in [4.69, 9.17) is 9.84 Å². The molecule has 1 aliphatic heterocycles. The molecule has 1 aromatic heterocycles. The van der Waals surface area contributed by atoms with Gasteiger partial charge in [-0.25, -0.2) is 8.42 Å². The Labute approximate surface area is 112 Å². The normalized spacial score (nSPS) is 21.7. The van der Waals surface area contributed by atoms with E-state index in [9.17, 15) is 8.42 Å². The molecule has 0 amide bonds. The molecule has 0 aromatic carbocycles. The molecule has 19 heavy (non-hydrogen) atoms. The number of aliphatic hydroxyl groups excluding tert-OH is 1. The molecule has 2 heterocycles. The summed E-state index contributed by atoms with van der Waals surface area (Å²) in [7, 11) is -3.51. The maximum absolute atomic E-state index is 12.4. The summed E-state index contributed by atoms with van der Waals surface area (Å²) in [4.78, 5) is 0.165. The minimum atomic E-state index is -3.51. The van der Waals surface area contributed by atoms with Crippen molar-refractivity contribution in [2.24, 2.45) is 0 Å². The summed E-state index contributed by atoms with van der Waals surface area (Å²) in [6.07, 6.45) is 3.51. The lowest BCUT2D eigenvalue weighted by Gasteiger charge is -2.31. The number of ether oxygens (including phenoxy) is 1. The van der Waals surface area contributed by atoms with Gasteiger partial charge in [0, 0.05) is 19.3 Å². The second-order valence-corrected chi connectivity index (χ2v) is 6.36. The number of hydrogen-bond acceptors (Lipinski definition) is 5. The van der Waals surface area contributed by atoms with Crippen molar-refractivity contribution in [1.29, 1.82) is 0 Å². The van der Waals surface area contributed by atoms with Crippen LogP contribution in [0.15, 0.2) is 17.3 Å². The first kappa shape index (κ1) is 14.4. The number of aromatic nitrogens is 2. The van der Waals surface area contributed by atoms with Crippen molar-refractivity contribution in [3.63, 3.8) is 0 Å². The van der Waals surface area contributed by atoms with Gasteiger partial charge >= 0.3 is 0 Å². The second kappa shape index (κ2) is 6.00. The topological polar surface area (TPSA) is 84.7 Å². The zero-order valence-corrected chi connectivity index (χ0v) is 11.7. The Morgan fingerprint density at radius 3 is 3.05 bits per heavy atom. The van der Waals surface area contributed by atoms with Crippen molar-refractivity contribution >= 4 is 10.0 Å². The van der Waals surface area contributed by atoms with Crippen molar-refractivity contribution in [3.8, 4) is 0 Å². The van der Waals surface area contributed by atoms with Gasteiger partial charge in [-0.3, -0.25) is 4.68 Å². The summed E-state index contributed by atoms with van der Waals surface area (Å²) in [6, 6.07) is 0. The molecular formula is C11H19N3O4S. The van der Waals surface area contributed by atoms with Gasteiger partial charge in [-0.15, -0.1) is 0 Å². The quantitative estimate of drug-likeness (QED) is 0.802. The third kappa shape index (κ3) is 3.14. The van der Waals surface area contributed by atoms with E-state index < -0.39 is 10.0 Å². The minimum Gasteiger partial charge on any atom is -0.394 e. The molecule has 7 nitrogen and oxygen atoms in total. The number of aliphatic hydroxyl groups is 1. The van der Waals surface area contributed by atoms with Crippen LogP contribution in [-0.4, -0.2) is 60.0 Å². The van der Waals surface area contributed by atoms with Gasteiger partial charge in [0.2, 0.25) is 10.0 Å². The van der Waals surface area contributed by atoms with Crippen LogP contribution >= 0.6 is 0 Å².